The van der Waals surface area contributed by atoms with Crippen LogP contribution in [0.3, 0.4) is 0 Å². The van der Waals surface area contributed by atoms with Crippen LogP contribution < -0.4 is 10.6 Å². The highest BCUT2D eigenvalue weighted by atomic mass is 16.1. The summed E-state index contributed by atoms with van der Waals surface area (Å²) in [7, 11) is 0. The Morgan fingerprint density at radius 3 is 2.58 bits per heavy atom. The quantitative estimate of drug-likeness (QED) is 0.787. The van der Waals surface area contributed by atoms with Crippen LogP contribution in [0.15, 0.2) is 59.8 Å². The lowest BCUT2D eigenvalue weighted by Gasteiger charge is -2.33. The molecule has 2 aromatic rings. The third-order valence-electron chi connectivity index (χ3n) is 5.25. The second-order valence-electron chi connectivity index (χ2n) is 7.25. The number of hydrogen-bond donors (Lipinski definition) is 2. The Balaban J connectivity index is 1.91. The van der Waals surface area contributed by atoms with Crippen LogP contribution in [-0.2, 0) is 4.79 Å². The maximum absolute atomic E-state index is 13.5. The summed E-state index contributed by atoms with van der Waals surface area (Å²) < 4.78 is 0. The minimum absolute atomic E-state index is 0.0440. The number of carbonyl (C=O) groups is 2. The van der Waals surface area contributed by atoms with E-state index < -0.39 is 5.54 Å². The SMILES string of the molecule is Cc1ccc2c(c1)NC(C)(C(=O)c1ccccc1)C1=C(CCCC1=O)N2. The van der Waals surface area contributed by atoms with E-state index in [4.69, 9.17) is 0 Å². The largest absolute Gasteiger partial charge is 0.367 e. The normalized spacial score (nSPS) is 21.8. The number of nitrogens with one attached hydrogen (secondary N) is 2. The number of rotatable bonds is 2. The third kappa shape index (κ3) is 2.62. The molecule has 0 fully saturated rings. The molecule has 2 N–H and O–H groups in total. The van der Waals surface area contributed by atoms with Gasteiger partial charge in [-0.25, -0.2) is 0 Å². The zero-order chi connectivity index (χ0) is 18.3. The lowest BCUT2D eigenvalue weighted by Crippen LogP contribution is -2.48. The molecular weight excluding hydrogens is 324 g/mol. The minimum atomic E-state index is -1.10. The Morgan fingerprint density at radius 2 is 1.81 bits per heavy atom. The van der Waals surface area contributed by atoms with Crippen molar-refractivity contribution in [3.8, 4) is 0 Å². The third-order valence-corrected chi connectivity index (χ3v) is 5.25. The molecule has 1 heterocycles. The van der Waals surface area contributed by atoms with Crippen molar-refractivity contribution >= 4 is 22.9 Å². The second-order valence-corrected chi connectivity index (χ2v) is 7.25. The average Bonchev–Trinajstić information content (AvgIpc) is 2.76. The van der Waals surface area contributed by atoms with E-state index in [9.17, 15) is 9.59 Å². The molecule has 1 aliphatic heterocycles. The number of hydrogen-bond acceptors (Lipinski definition) is 4. The van der Waals surface area contributed by atoms with Gasteiger partial charge in [0.05, 0.1) is 11.4 Å². The second kappa shape index (κ2) is 6.13. The molecule has 1 aliphatic carbocycles. The fraction of sp³-hybridized carbons (Fsp3) is 0.273. The van der Waals surface area contributed by atoms with E-state index in [1.807, 2.05) is 50.2 Å². The number of benzene rings is 2. The number of anilines is 2. The molecule has 4 rings (SSSR count). The summed E-state index contributed by atoms with van der Waals surface area (Å²) in [6.07, 6.45) is 2.06. The molecule has 4 heteroatoms. The standard InChI is InChI=1S/C22H22N2O2/c1-14-11-12-16-18(13-14)24-22(2,21(26)15-7-4-3-5-8-15)20-17(23-16)9-6-10-19(20)25/h3-5,7-8,11-13,23-24H,6,9-10H2,1-2H3. The molecule has 0 amide bonds. The van der Waals surface area contributed by atoms with E-state index in [-0.39, 0.29) is 11.6 Å². The zero-order valence-corrected chi connectivity index (χ0v) is 15.1. The molecule has 1 unspecified atom stereocenters. The van der Waals surface area contributed by atoms with E-state index in [2.05, 4.69) is 10.6 Å². The van der Waals surface area contributed by atoms with Crippen molar-refractivity contribution in [1.82, 2.24) is 0 Å². The van der Waals surface area contributed by atoms with Gasteiger partial charge in [-0.05, 0) is 44.4 Å². The van der Waals surface area contributed by atoms with Crippen LogP contribution in [0, 0.1) is 6.92 Å². The van der Waals surface area contributed by atoms with Gasteiger partial charge in [0.25, 0.3) is 0 Å². The maximum Gasteiger partial charge on any atom is 0.192 e. The van der Waals surface area contributed by atoms with Gasteiger partial charge >= 0.3 is 0 Å². The summed E-state index contributed by atoms with van der Waals surface area (Å²) >= 11 is 0. The number of carbonyl (C=O) groups excluding carboxylic acids is 2. The number of ketones is 2. The van der Waals surface area contributed by atoms with Gasteiger partial charge in [-0.15, -0.1) is 0 Å². The van der Waals surface area contributed by atoms with Crippen molar-refractivity contribution in [2.75, 3.05) is 10.6 Å². The van der Waals surface area contributed by atoms with Crippen LogP contribution in [0.2, 0.25) is 0 Å². The summed E-state index contributed by atoms with van der Waals surface area (Å²) in [5.74, 6) is -0.0421. The van der Waals surface area contributed by atoms with Gasteiger partial charge in [0.2, 0.25) is 0 Å². The molecule has 0 aromatic heterocycles. The molecule has 2 aliphatic rings. The van der Waals surface area contributed by atoms with E-state index in [1.165, 1.54) is 0 Å². The highest BCUT2D eigenvalue weighted by molar-refractivity contribution is 6.16. The molecule has 0 radical (unpaired) electrons. The zero-order valence-electron chi connectivity index (χ0n) is 15.1. The van der Waals surface area contributed by atoms with Crippen molar-refractivity contribution in [1.29, 1.82) is 0 Å². The lowest BCUT2D eigenvalue weighted by molar-refractivity contribution is -0.116. The fourth-order valence-electron chi connectivity index (χ4n) is 3.96. The molecule has 1 atom stereocenters. The van der Waals surface area contributed by atoms with Crippen LogP contribution in [0.1, 0.15) is 42.1 Å². The molecule has 26 heavy (non-hydrogen) atoms. The van der Waals surface area contributed by atoms with Crippen LogP contribution >= 0.6 is 0 Å². The van der Waals surface area contributed by atoms with Gasteiger partial charge < -0.3 is 10.6 Å². The highest BCUT2D eigenvalue weighted by Crippen LogP contribution is 2.41. The van der Waals surface area contributed by atoms with Gasteiger partial charge in [-0.2, -0.15) is 0 Å². The molecule has 0 bridgehead atoms. The Morgan fingerprint density at radius 1 is 1.04 bits per heavy atom. The highest BCUT2D eigenvalue weighted by Gasteiger charge is 2.45. The monoisotopic (exact) mass is 346 g/mol. The lowest BCUT2D eigenvalue weighted by atomic mass is 9.77. The van der Waals surface area contributed by atoms with Gasteiger partial charge in [0.15, 0.2) is 11.6 Å². The summed E-state index contributed by atoms with van der Waals surface area (Å²) in [5.41, 5.74) is 3.79. The Hall–Kier alpha value is -2.88. The summed E-state index contributed by atoms with van der Waals surface area (Å²) in [6, 6.07) is 15.2. The van der Waals surface area contributed by atoms with E-state index in [0.29, 0.717) is 17.6 Å². The molecule has 0 saturated carbocycles. The summed E-state index contributed by atoms with van der Waals surface area (Å²) in [4.78, 5) is 26.4. The van der Waals surface area contributed by atoms with Gasteiger partial charge in [-0.3, -0.25) is 9.59 Å². The number of Topliss-reactive ketones (excluding diaryl/α,β-unsaturated/α-hetero) is 2. The van der Waals surface area contributed by atoms with Crippen molar-refractivity contribution in [3.63, 3.8) is 0 Å². The minimum Gasteiger partial charge on any atom is -0.367 e. The average molecular weight is 346 g/mol. The van der Waals surface area contributed by atoms with Gasteiger partial charge in [0.1, 0.15) is 5.54 Å². The van der Waals surface area contributed by atoms with Crippen molar-refractivity contribution < 1.29 is 9.59 Å². The van der Waals surface area contributed by atoms with E-state index in [0.717, 1.165) is 35.5 Å². The number of aryl methyl sites for hydroxylation is 1. The summed E-state index contributed by atoms with van der Waals surface area (Å²) in [5, 5.41) is 6.84. The fourth-order valence-corrected chi connectivity index (χ4v) is 3.96. The van der Waals surface area contributed by atoms with E-state index >= 15 is 0 Å². The number of allylic oxidation sites excluding steroid dienone is 1. The summed E-state index contributed by atoms with van der Waals surface area (Å²) in [6.45, 7) is 3.85. The van der Waals surface area contributed by atoms with Crippen molar-refractivity contribution in [3.05, 3.63) is 70.9 Å². The number of fused-ring (bicyclic) bond motifs is 1. The van der Waals surface area contributed by atoms with Gasteiger partial charge in [-0.1, -0.05) is 36.4 Å². The van der Waals surface area contributed by atoms with Crippen molar-refractivity contribution in [2.24, 2.45) is 0 Å². The van der Waals surface area contributed by atoms with Gasteiger partial charge in [0, 0.05) is 23.3 Å². The first-order valence-electron chi connectivity index (χ1n) is 9.01. The first-order chi connectivity index (χ1) is 12.5. The molecular formula is C22H22N2O2. The maximum atomic E-state index is 13.5. The molecule has 4 nitrogen and oxygen atoms in total. The van der Waals surface area contributed by atoms with Crippen LogP contribution in [-0.4, -0.2) is 17.1 Å². The van der Waals surface area contributed by atoms with Crippen molar-refractivity contribution in [2.45, 2.75) is 38.6 Å². The Labute approximate surface area is 153 Å². The smallest absolute Gasteiger partial charge is 0.192 e. The first kappa shape index (κ1) is 16.6. The van der Waals surface area contributed by atoms with Crippen LogP contribution in [0.4, 0.5) is 11.4 Å². The Bertz CT molecular complexity index is 930. The topological polar surface area (TPSA) is 58.2 Å². The predicted octanol–water partition coefficient (Wildman–Crippen LogP) is 4.48. The molecule has 2 aromatic carbocycles. The van der Waals surface area contributed by atoms with E-state index in [1.54, 1.807) is 12.1 Å². The molecule has 0 spiro atoms. The van der Waals surface area contributed by atoms with Crippen LogP contribution in [0.25, 0.3) is 0 Å². The predicted molar refractivity (Wildman–Crippen MR) is 103 cm³/mol. The molecule has 132 valence electrons. The molecule has 0 saturated heterocycles. The van der Waals surface area contributed by atoms with Crippen LogP contribution in [0.5, 0.6) is 0 Å². The first-order valence-corrected chi connectivity index (χ1v) is 9.01. The Kier molecular flexibility index (Phi) is 3.91.